The molecular formula is C48H42Se6. The van der Waals surface area contributed by atoms with Crippen LogP contribution in [0.1, 0.15) is 33.4 Å². The van der Waals surface area contributed by atoms with Crippen LogP contribution in [0.5, 0.6) is 0 Å². The Kier molecular flexibility index (Phi) is 16.1. The number of hydrogen-bond acceptors (Lipinski definition) is 0. The first kappa shape index (κ1) is 39.9. The van der Waals surface area contributed by atoms with Crippen LogP contribution in [0.25, 0.3) is 0 Å². The molecule has 0 aromatic heterocycles. The molecule has 0 fully saturated rings. The topological polar surface area (TPSA) is 0 Å². The van der Waals surface area contributed by atoms with Gasteiger partial charge in [-0.05, 0) is 0 Å². The first-order valence-electron chi connectivity index (χ1n) is 18.0. The SMILES string of the molecule is c1ccc([Se]Cc2c(C[Se]c3ccccc3)c(C[Se]c3ccccc3)c(C[Se]c3ccccc3)c(C[Se]c3ccccc3)c2C[Se]c2ccccc2)cc1. The number of rotatable bonds is 18. The van der Waals surface area contributed by atoms with Crippen LogP contribution in [0.15, 0.2) is 182 Å². The Bertz CT molecular complexity index is 1720. The fraction of sp³-hybridized carbons (Fsp3) is 0.125. The molecule has 0 aliphatic rings. The second-order valence-electron chi connectivity index (χ2n) is 12.5. The zero-order chi connectivity index (χ0) is 36.6. The molecule has 0 amide bonds. The van der Waals surface area contributed by atoms with Crippen LogP contribution in [0.3, 0.4) is 0 Å². The standard InChI is InChI=1S/C48H42Se6/c1-7-19-37(20-8-1)49-31-43-44(32-50-38-21-9-2-10-22-38)46(34-52-40-25-13-4-14-26-40)48(36-54-42-29-17-6-18-30-42)47(35-53-41-27-15-5-16-28-41)45(43)33-51-39-23-11-3-12-24-39/h1-30H,31-36H2. The van der Waals surface area contributed by atoms with E-state index in [1.807, 2.05) is 0 Å². The Morgan fingerprint density at radius 3 is 0.444 bits per heavy atom. The molecule has 0 saturated heterocycles. The fourth-order valence-corrected chi connectivity index (χ4v) is 18.9. The normalized spacial score (nSPS) is 11.1. The van der Waals surface area contributed by atoms with Gasteiger partial charge in [0, 0.05) is 0 Å². The predicted octanol–water partition coefficient (Wildman–Crippen LogP) is 4.86. The van der Waals surface area contributed by atoms with E-state index in [2.05, 4.69) is 182 Å². The summed E-state index contributed by atoms with van der Waals surface area (Å²) in [4.78, 5) is 0. The summed E-state index contributed by atoms with van der Waals surface area (Å²) in [6, 6.07) is 68.0. The summed E-state index contributed by atoms with van der Waals surface area (Å²) < 4.78 is 9.03. The summed E-state index contributed by atoms with van der Waals surface area (Å²) in [5.41, 5.74) is 10.3. The Morgan fingerprint density at radius 1 is 0.185 bits per heavy atom. The van der Waals surface area contributed by atoms with Crippen LogP contribution in [0.4, 0.5) is 0 Å². The predicted molar refractivity (Wildman–Crippen MR) is 240 cm³/mol. The van der Waals surface area contributed by atoms with Gasteiger partial charge < -0.3 is 0 Å². The van der Waals surface area contributed by atoms with Crippen molar-refractivity contribution in [3.8, 4) is 0 Å². The summed E-state index contributed by atoms with van der Waals surface area (Å²) in [7, 11) is 0. The molecule has 0 radical (unpaired) electrons. The van der Waals surface area contributed by atoms with Gasteiger partial charge in [-0.25, -0.2) is 0 Å². The van der Waals surface area contributed by atoms with Gasteiger partial charge in [-0.1, -0.05) is 0 Å². The Hall–Kier alpha value is -2.34. The van der Waals surface area contributed by atoms with Gasteiger partial charge in [0.15, 0.2) is 0 Å². The molecule has 0 atom stereocenters. The molecule has 7 rings (SSSR count). The van der Waals surface area contributed by atoms with Crippen molar-refractivity contribution in [2.45, 2.75) is 31.9 Å². The van der Waals surface area contributed by atoms with Crippen LogP contribution in [0, 0.1) is 0 Å². The van der Waals surface area contributed by atoms with Crippen LogP contribution < -0.4 is 26.8 Å². The summed E-state index contributed by atoms with van der Waals surface area (Å²) in [5, 5.41) is 6.99. The molecule has 270 valence electrons. The molecule has 0 N–H and O–H groups in total. The van der Waals surface area contributed by atoms with Gasteiger partial charge in [-0.15, -0.1) is 0 Å². The minimum absolute atomic E-state index is 0.365. The molecule has 0 aliphatic heterocycles. The molecule has 0 bridgehead atoms. The summed E-state index contributed by atoms with van der Waals surface area (Å²) >= 11 is 2.19. The molecule has 54 heavy (non-hydrogen) atoms. The Labute approximate surface area is 360 Å². The van der Waals surface area contributed by atoms with Gasteiger partial charge in [-0.2, -0.15) is 0 Å². The molecule has 0 aliphatic carbocycles. The zero-order valence-corrected chi connectivity index (χ0v) is 40.3. The van der Waals surface area contributed by atoms with Gasteiger partial charge in [0.1, 0.15) is 0 Å². The summed E-state index contributed by atoms with van der Waals surface area (Å²) in [6.07, 6.45) is 0. The van der Waals surface area contributed by atoms with Crippen LogP contribution in [-0.2, 0) is 31.9 Å². The molecule has 0 heterocycles. The molecule has 6 heteroatoms. The van der Waals surface area contributed by atoms with Crippen molar-refractivity contribution in [2.75, 3.05) is 0 Å². The van der Waals surface area contributed by atoms with E-state index >= 15 is 0 Å². The molecule has 7 aromatic carbocycles. The maximum absolute atomic E-state index is 2.36. The number of benzene rings is 7. The molecule has 0 nitrogen and oxygen atoms in total. The fourth-order valence-electron chi connectivity index (χ4n) is 6.17. The quantitative estimate of drug-likeness (QED) is 0.108. The third-order valence-corrected chi connectivity index (χ3v) is 22.0. The van der Waals surface area contributed by atoms with Crippen LogP contribution >= 0.6 is 0 Å². The zero-order valence-electron chi connectivity index (χ0n) is 30.0. The first-order chi connectivity index (χ1) is 26.8. The van der Waals surface area contributed by atoms with Crippen molar-refractivity contribution >= 4 is 117 Å². The molecular weight excluding hydrogens is 1050 g/mol. The molecule has 0 unspecified atom stereocenters. The van der Waals surface area contributed by atoms with Gasteiger partial charge in [0.25, 0.3) is 0 Å². The Balaban J connectivity index is 1.42. The minimum atomic E-state index is 0.365. The van der Waals surface area contributed by atoms with Gasteiger partial charge in [0.05, 0.1) is 0 Å². The maximum atomic E-state index is 2.36. The second kappa shape index (κ2) is 21.8. The van der Waals surface area contributed by atoms with Crippen molar-refractivity contribution in [3.63, 3.8) is 0 Å². The average molecular weight is 1090 g/mol. The van der Waals surface area contributed by atoms with Crippen molar-refractivity contribution < 1.29 is 0 Å². The van der Waals surface area contributed by atoms with E-state index in [0.717, 1.165) is 31.9 Å². The van der Waals surface area contributed by atoms with Crippen molar-refractivity contribution in [2.24, 2.45) is 0 Å². The first-order valence-corrected chi connectivity index (χ1v) is 30.4. The van der Waals surface area contributed by atoms with E-state index in [1.54, 1.807) is 33.4 Å². The molecule has 0 saturated carbocycles. The Morgan fingerprint density at radius 2 is 0.315 bits per heavy atom. The molecule has 0 spiro atoms. The van der Waals surface area contributed by atoms with E-state index in [0.29, 0.717) is 89.7 Å². The van der Waals surface area contributed by atoms with Crippen molar-refractivity contribution in [1.29, 1.82) is 0 Å². The van der Waals surface area contributed by atoms with Gasteiger partial charge >= 0.3 is 364 Å². The summed E-state index contributed by atoms with van der Waals surface area (Å²) in [5.74, 6) is 0. The monoisotopic (exact) mass is 1100 g/mol. The van der Waals surface area contributed by atoms with Crippen LogP contribution in [-0.4, -0.2) is 89.7 Å². The van der Waals surface area contributed by atoms with Crippen molar-refractivity contribution in [1.82, 2.24) is 0 Å². The van der Waals surface area contributed by atoms with E-state index < -0.39 is 0 Å². The van der Waals surface area contributed by atoms with Gasteiger partial charge in [-0.3, -0.25) is 0 Å². The van der Waals surface area contributed by atoms with E-state index in [9.17, 15) is 0 Å². The second-order valence-corrected chi connectivity index (χ2v) is 25.7. The van der Waals surface area contributed by atoms with Gasteiger partial charge in [0.2, 0.25) is 0 Å². The third-order valence-electron chi connectivity index (χ3n) is 8.94. The average Bonchev–Trinajstić information content (AvgIpc) is 3.24. The van der Waals surface area contributed by atoms with Crippen molar-refractivity contribution in [3.05, 3.63) is 215 Å². The summed E-state index contributed by atoms with van der Waals surface area (Å²) in [6.45, 7) is 0. The van der Waals surface area contributed by atoms with Crippen LogP contribution in [0.2, 0.25) is 0 Å². The van der Waals surface area contributed by atoms with E-state index in [4.69, 9.17) is 0 Å². The number of hydrogen-bond donors (Lipinski definition) is 0. The van der Waals surface area contributed by atoms with E-state index in [-0.39, 0.29) is 0 Å². The molecule has 7 aromatic rings. The van der Waals surface area contributed by atoms with E-state index in [1.165, 1.54) is 26.8 Å². The third kappa shape index (κ3) is 11.8.